The molecule has 0 aromatic heterocycles. The molecule has 0 radical (unpaired) electrons. The van der Waals surface area contributed by atoms with E-state index in [1.807, 2.05) is 0 Å². The predicted octanol–water partition coefficient (Wildman–Crippen LogP) is 7.03. The van der Waals surface area contributed by atoms with Crippen LogP contribution in [0.4, 0.5) is 11.4 Å². The molecule has 0 fully saturated rings. The maximum atomic E-state index is 2.33. The van der Waals surface area contributed by atoms with E-state index >= 15 is 0 Å². The summed E-state index contributed by atoms with van der Waals surface area (Å²) in [6.07, 6.45) is 9.02. The van der Waals surface area contributed by atoms with Crippen molar-refractivity contribution in [1.82, 2.24) is 0 Å². The van der Waals surface area contributed by atoms with Crippen LogP contribution in [0.2, 0.25) is 0 Å². The van der Waals surface area contributed by atoms with Crippen molar-refractivity contribution in [3.63, 3.8) is 0 Å². The molecule has 128 valence electrons. The van der Waals surface area contributed by atoms with Gasteiger partial charge in [-0.15, -0.1) is 0 Å². The molecule has 0 spiro atoms. The highest BCUT2D eigenvalue weighted by Crippen LogP contribution is 2.33. The maximum Gasteiger partial charge on any atom is 0.0461 e. The van der Waals surface area contributed by atoms with Crippen LogP contribution in [0.25, 0.3) is 11.1 Å². The van der Waals surface area contributed by atoms with E-state index in [-0.39, 0.29) is 0 Å². The van der Waals surface area contributed by atoms with Gasteiger partial charge in [-0.25, -0.2) is 0 Å². The Hall–Kier alpha value is -3.06. The zero-order valence-electron chi connectivity index (χ0n) is 15.1. The highest BCUT2D eigenvalue weighted by molar-refractivity contribution is 5.73. The Bertz CT molecular complexity index is 916. The van der Waals surface area contributed by atoms with Crippen LogP contribution in [0.3, 0.4) is 0 Å². The summed E-state index contributed by atoms with van der Waals surface area (Å²) in [6.45, 7) is 2.12. The van der Waals surface area contributed by atoms with Crippen LogP contribution in [0.15, 0.2) is 103 Å². The van der Waals surface area contributed by atoms with Gasteiger partial charge in [-0.1, -0.05) is 72.3 Å². The fourth-order valence-corrected chi connectivity index (χ4v) is 3.34. The van der Waals surface area contributed by atoms with Crippen molar-refractivity contribution in [3.05, 3.63) is 108 Å². The summed E-state index contributed by atoms with van der Waals surface area (Å²) in [4.78, 5) is 2.33. The number of anilines is 2. The van der Waals surface area contributed by atoms with E-state index < -0.39 is 0 Å². The van der Waals surface area contributed by atoms with Crippen LogP contribution >= 0.6 is 0 Å². The Kier molecular flexibility index (Phi) is 4.70. The van der Waals surface area contributed by atoms with Gasteiger partial charge in [0.05, 0.1) is 0 Å². The van der Waals surface area contributed by atoms with Gasteiger partial charge in [0.2, 0.25) is 0 Å². The normalized spacial score (nSPS) is 13.3. The molecule has 3 aromatic carbocycles. The molecule has 4 rings (SSSR count). The third-order valence-electron chi connectivity index (χ3n) is 4.76. The minimum atomic E-state index is 1.09. The van der Waals surface area contributed by atoms with Crippen molar-refractivity contribution in [2.45, 2.75) is 19.8 Å². The van der Waals surface area contributed by atoms with Gasteiger partial charge in [0, 0.05) is 17.1 Å². The summed E-state index contributed by atoms with van der Waals surface area (Å²) < 4.78 is 0. The van der Waals surface area contributed by atoms with Gasteiger partial charge < -0.3 is 4.90 Å². The Balaban J connectivity index is 1.71. The molecule has 0 saturated heterocycles. The molecule has 0 heterocycles. The zero-order chi connectivity index (χ0) is 17.8. The molecular weight excluding hydrogens is 314 g/mol. The van der Waals surface area contributed by atoms with Crippen LogP contribution in [0.1, 0.15) is 18.4 Å². The molecule has 1 aliphatic carbocycles. The second-order valence-corrected chi connectivity index (χ2v) is 6.69. The zero-order valence-corrected chi connectivity index (χ0v) is 15.1. The first-order valence-electron chi connectivity index (χ1n) is 9.20. The summed E-state index contributed by atoms with van der Waals surface area (Å²) in [5.41, 5.74) is 7.40. The lowest BCUT2D eigenvalue weighted by Gasteiger charge is -2.27. The van der Waals surface area contributed by atoms with Crippen LogP contribution in [0.5, 0.6) is 0 Å². The monoisotopic (exact) mass is 337 g/mol. The third-order valence-corrected chi connectivity index (χ3v) is 4.76. The summed E-state index contributed by atoms with van der Waals surface area (Å²) >= 11 is 0. The highest BCUT2D eigenvalue weighted by Gasteiger charge is 2.14. The van der Waals surface area contributed by atoms with Gasteiger partial charge in [0.25, 0.3) is 0 Å². The SMILES string of the molecule is Cc1ccc(-c2ccc(N(C3=CCCC=C3)c3ccccc3)cc2)cc1. The van der Waals surface area contributed by atoms with E-state index in [0.717, 1.165) is 12.8 Å². The Morgan fingerprint density at radius 1 is 0.654 bits per heavy atom. The average molecular weight is 337 g/mol. The van der Waals surface area contributed by atoms with Gasteiger partial charge in [0.1, 0.15) is 0 Å². The quantitative estimate of drug-likeness (QED) is 0.494. The van der Waals surface area contributed by atoms with Crippen molar-refractivity contribution >= 4 is 11.4 Å². The predicted molar refractivity (Wildman–Crippen MR) is 112 cm³/mol. The standard InChI is InChI=1S/C25H23N/c1-20-12-14-21(15-13-20)22-16-18-25(19-17-22)26(23-8-4-2-5-9-23)24-10-6-3-7-11-24/h2,4-6,8-19H,3,7H2,1H3. The molecule has 0 amide bonds. The van der Waals surface area contributed by atoms with Gasteiger partial charge in [0.15, 0.2) is 0 Å². The smallest absolute Gasteiger partial charge is 0.0461 e. The molecule has 1 aliphatic rings. The first-order valence-corrected chi connectivity index (χ1v) is 9.20. The van der Waals surface area contributed by atoms with Crippen LogP contribution < -0.4 is 4.90 Å². The third kappa shape index (κ3) is 3.48. The summed E-state index contributed by atoms with van der Waals surface area (Å²) in [6, 6.07) is 28.1. The van der Waals surface area contributed by atoms with Crippen molar-refractivity contribution < 1.29 is 0 Å². The van der Waals surface area contributed by atoms with Crippen molar-refractivity contribution in [3.8, 4) is 11.1 Å². The lowest BCUT2D eigenvalue weighted by atomic mass is 10.0. The van der Waals surface area contributed by atoms with E-state index in [1.54, 1.807) is 0 Å². The molecule has 0 atom stereocenters. The Labute approximate surface area is 155 Å². The van der Waals surface area contributed by atoms with Gasteiger partial charge in [-0.3, -0.25) is 0 Å². The molecular formula is C25H23N. The Morgan fingerprint density at radius 2 is 1.27 bits per heavy atom. The molecule has 1 heteroatoms. The maximum absolute atomic E-state index is 2.33. The minimum Gasteiger partial charge on any atom is -0.311 e. The van der Waals surface area contributed by atoms with E-state index in [4.69, 9.17) is 0 Å². The fourth-order valence-electron chi connectivity index (χ4n) is 3.34. The molecule has 0 unspecified atom stereocenters. The number of nitrogens with zero attached hydrogens (tertiary/aromatic N) is 1. The molecule has 3 aromatic rings. The number of hydrogen-bond donors (Lipinski definition) is 0. The Morgan fingerprint density at radius 3 is 1.88 bits per heavy atom. The first-order chi connectivity index (χ1) is 12.8. The number of allylic oxidation sites excluding steroid dienone is 3. The van der Waals surface area contributed by atoms with Crippen molar-refractivity contribution in [1.29, 1.82) is 0 Å². The number of benzene rings is 3. The molecule has 0 saturated carbocycles. The van der Waals surface area contributed by atoms with Crippen LogP contribution in [-0.4, -0.2) is 0 Å². The van der Waals surface area contributed by atoms with E-state index in [1.165, 1.54) is 33.8 Å². The summed E-state index contributed by atoms with van der Waals surface area (Å²) in [7, 11) is 0. The summed E-state index contributed by atoms with van der Waals surface area (Å²) in [5.74, 6) is 0. The average Bonchev–Trinajstić information content (AvgIpc) is 2.71. The second kappa shape index (κ2) is 7.45. The largest absolute Gasteiger partial charge is 0.311 e. The minimum absolute atomic E-state index is 1.09. The summed E-state index contributed by atoms with van der Waals surface area (Å²) in [5, 5.41) is 0. The van der Waals surface area contributed by atoms with Crippen LogP contribution in [0, 0.1) is 6.92 Å². The molecule has 26 heavy (non-hydrogen) atoms. The van der Waals surface area contributed by atoms with Gasteiger partial charge in [-0.2, -0.15) is 0 Å². The number of rotatable bonds is 4. The molecule has 1 nitrogen and oxygen atoms in total. The molecule has 0 bridgehead atoms. The van der Waals surface area contributed by atoms with Gasteiger partial charge in [-0.05, 0) is 61.2 Å². The topological polar surface area (TPSA) is 3.24 Å². The molecule has 0 N–H and O–H groups in total. The van der Waals surface area contributed by atoms with Gasteiger partial charge >= 0.3 is 0 Å². The molecule has 0 aliphatic heterocycles. The van der Waals surface area contributed by atoms with E-state index in [0.29, 0.717) is 0 Å². The number of para-hydroxylation sites is 1. The number of aryl methyl sites for hydroxylation is 1. The van der Waals surface area contributed by atoms with E-state index in [9.17, 15) is 0 Å². The second-order valence-electron chi connectivity index (χ2n) is 6.69. The lowest BCUT2D eigenvalue weighted by molar-refractivity contribution is 0.997. The first kappa shape index (κ1) is 16.4. The number of hydrogen-bond acceptors (Lipinski definition) is 1. The van der Waals surface area contributed by atoms with Crippen molar-refractivity contribution in [2.24, 2.45) is 0 Å². The van der Waals surface area contributed by atoms with Crippen LogP contribution in [-0.2, 0) is 0 Å². The fraction of sp³-hybridized carbons (Fsp3) is 0.120. The van der Waals surface area contributed by atoms with Crippen molar-refractivity contribution in [2.75, 3.05) is 4.90 Å². The van der Waals surface area contributed by atoms with E-state index in [2.05, 4.69) is 109 Å². The lowest BCUT2D eigenvalue weighted by Crippen LogP contribution is -2.16. The highest BCUT2D eigenvalue weighted by atomic mass is 15.1.